The molecular weight excluding hydrogens is 372 g/mol. The molecule has 2 heterocycles. The minimum Gasteiger partial charge on any atom is -0.459 e. The summed E-state index contributed by atoms with van der Waals surface area (Å²) < 4.78 is 5.09. The number of rotatable bonds is 7. The fourth-order valence-electron chi connectivity index (χ4n) is 2.59. The van der Waals surface area contributed by atoms with Crippen LogP contribution in [0.15, 0.2) is 64.2 Å². The molecular formula is C21H24N4O2S. The Labute approximate surface area is 168 Å². The molecule has 0 unspecified atom stereocenters. The van der Waals surface area contributed by atoms with Crippen molar-refractivity contribution in [1.29, 1.82) is 0 Å². The van der Waals surface area contributed by atoms with Crippen molar-refractivity contribution in [3.8, 4) is 0 Å². The molecule has 0 bridgehead atoms. The van der Waals surface area contributed by atoms with Gasteiger partial charge in [-0.1, -0.05) is 19.1 Å². The lowest BCUT2D eigenvalue weighted by atomic mass is 10.2. The smallest absolute Gasteiger partial charge is 0.291 e. The molecule has 7 heteroatoms. The molecule has 0 spiro atoms. The summed E-state index contributed by atoms with van der Waals surface area (Å²) in [6, 6.07) is 15.3. The van der Waals surface area contributed by atoms with Gasteiger partial charge in [0.15, 0.2) is 11.7 Å². The highest BCUT2D eigenvalue weighted by Crippen LogP contribution is 2.16. The Morgan fingerprint density at radius 3 is 2.43 bits per heavy atom. The molecule has 0 saturated carbocycles. The van der Waals surface area contributed by atoms with Gasteiger partial charge in [0.05, 0.1) is 12.8 Å². The van der Waals surface area contributed by atoms with Crippen LogP contribution in [0.3, 0.4) is 0 Å². The van der Waals surface area contributed by atoms with Crippen molar-refractivity contribution >= 4 is 28.9 Å². The lowest BCUT2D eigenvalue weighted by Crippen LogP contribution is -2.36. The van der Waals surface area contributed by atoms with E-state index in [2.05, 4.69) is 40.0 Å². The number of guanidine groups is 1. The number of aliphatic imine (C=N–C) groups is 1. The first-order chi connectivity index (χ1) is 13.7. The monoisotopic (exact) mass is 396 g/mol. The first-order valence-electron chi connectivity index (χ1n) is 9.14. The van der Waals surface area contributed by atoms with Gasteiger partial charge in [0, 0.05) is 29.0 Å². The molecule has 1 amide bonds. The molecule has 0 aliphatic heterocycles. The van der Waals surface area contributed by atoms with Crippen molar-refractivity contribution in [3.05, 3.63) is 75.9 Å². The summed E-state index contributed by atoms with van der Waals surface area (Å²) >= 11 is 1.82. The highest BCUT2D eigenvalue weighted by Gasteiger charge is 2.08. The third kappa shape index (κ3) is 5.47. The first kappa shape index (κ1) is 19.7. The number of carbonyl (C=O) groups excluding carboxylic acids is 1. The van der Waals surface area contributed by atoms with Crippen LogP contribution in [0.1, 0.15) is 32.8 Å². The molecule has 1 aromatic carbocycles. The molecule has 6 nitrogen and oxygen atoms in total. The van der Waals surface area contributed by atoms with Crippen LogP contribution < -0.4 is 16.0 Å². The van der Waals surface area contributed by atoms with Crippen molar-refractivity contribution in [1.82, 2.24) is 10.6 Å². The average Bonchev–Trinajstić information content (AvgIpc) is 3.41. The van der Waals surface area contributed by atoms with Crippen molar-refractivity contribution in [3.63, 3.8) is 0 Å². The summed E-state index contributed by atoms with van der Waals surface area (Å²) in [5.41, 5.74) is 1.81. The van der Waals surface area contributed by atoms with Gasteiger partial charge in [-0.15, -0.1) is 11.3 Å². The molecule has 0 radical (unpaired) electrons. The Hall–Kier alpha value is -3.06. The fourth-order valence-corrected chi connectivity index (χ4v) is 3.49. The van der Waals surface area contributed by atoms with Crippen molar-refractivity contribution < 1.29 is 9.21 Å². The van der Waals surface area contributed by atoms with Crippen molar-refractivity contribution in [2.75, 3.05) is 12.4 Å². The lowest BCUT2D eigenvalue weighted by Gasteiger charge is -2.12. The number of hydrogen-bond acceptors (Lipinski definition) is 4. The number of thiophene rings is 1. The predicted octanol–water partition coefficient (Wildman–Crippen LogP) is 4.02. The van der Waals surface area contributed by atoms with Crippen LogP contribution in [0.4, 0.5) is 5.69 Å². The molecule has 0 fully saturated rings. The standard InChI is InChI=1S/C21H24N4O2S/c1-3-17-10-11-18(28-17)14-24-21(22-2)23-13-15-6-8-16(9-7-15)25-20(26)19-5-4-12-27-19/h4-12H,3,13-14H2,1-2H3,(H,25,26)(H2,22,23,24). The third-order valence-corrected chi connectivity index (χ3v) is 5.37. The molecule has 146 valence electrons. The van der Waals surface area contributed by atoms with Gasteiger partial charge in [0.1, 0.15) is 0 Å². The predicted molar refractivity (Wildman–Crippen MR) is 114 cm³/mol. The van der Waals surface area contributed by atoms with Gasteiger partial charge in [0.25, 0.3) is 5.91 Å². The summed E-state index contributed by atoms with van der Waals surface area (Å²) in [6.07, 6.45) is 2.54. The van der Waals surface area contributed by atoms with Gasteiger partial charge in [-0.3, -0.25) is 9.79 Å². The van der Waals surface area contributed by atoms with Crippen LogP contribution in [0.2, 0.25) is 0 Å². The summed E-state index contributed by atoms with van der Waals surface area (Å²) in [5, 5.41) is 9.43. The van der Waals surface area contributed by atoms with Gasteiger partial charge in [0.2, 0.25) is 0 Å². The van der Waals surface area contributed by atoms with E-state index in [9.17, 15) is 4.79 Å². The van der Waals surface area contributed by atoms with Crippen LogP contribution in [-0.4, -0.2) is 18.9 Å². The van der Waals surface area contributed by atoms with E-state index in [1.54, 1.807) is 19.2 Å². The van der Waals surface area contributed by atoms with Crippen LogP contribution >= 0.6 is 11.3 Å². The molecule has 0 aliphatic rings. The van der Waals surface area contributed by atoms with Crippen LogP contribution in [0.25, 0.3) is 0 Å². The average molecular weight is 397 g/mol. The number of benzene rings is 1. The van der Waals surface area contributed by atoms with E-state index in [0.717, 1.165) is 30.2 Å². The summed E-state index contributed by atoms with van der Waals surface area (Å²) in [6.45, 7) is 3.55. The quantitative estimate of drug-likeness (QED) is 0.416. The molecule has 2 aromatic heterocycles. The zero-order valence-corrected chi connectivity index (χ0v) is 16.8. The highest BCUT2D eigenvalue weighted by molar-refractivity contribution is 7.11. The van der Waals surface area contributed by atoms with Gasteiger partial charge in [-0.25, -0.2) is 0 Å². The maximum Gasteiger partial charge on any atom is 0.291 e. The Bertz CT molecular complexity index is 914. The maximum atomic E-state index is 12.0. The van der Waals surface area contributed by atoms with Crippen LogP contribution in [0, 0.1) is 0 Å². The number of carbonyl (C=O) groups is 1. The van der Waals surface area contributed by atoms with Gasteiger partial charge in [-0.2, -0.15) is 0 Å². The molecule has 3 N–H and O–H groups in total. The summed E-state index contributed by atoms with van der Waals surface area (Å²) in [4.78, 5) is 18.9. The molecule has 28 heavy (non-hydrogen) atoms. The van der Waals surface area contributed by atoms with Crippen LogP contribution in [0.5, 0.6) is 0 Å². The van der Waals surface area contributed by atoms with E-state index < -0.39 is 0 Å². The van der Waals surface area contributed by atoms with E-state index in [1.807, 2.05) is 35.6 Å². The Kier molecular flexibility index (Phi) is 6.86. The number of hydrogen-bond donors (Lipinski definition) is 3. The Morgan fingerprint density at radius 1 is 1.04 bits per heavy atom. The number of amides is 1. The zero-order valence-electron chi connectivity index (χ0n) is 16.0. The molecule has 0 atom stereocenters. The fraction of sp³-hybridized carbons (Fsp3) is 0.238. The van der Waals surface area contributed by atoms with E-state index in [1.165, 1.54) is 16.0 Å². The van der Waals surface area contributed by atoms with E-state index in [4.69, 9.17) is 4.42 Å². The van der Waals surface area contributed by atoms with E-state index >= 15 is 0 Å². The summed E-state index contributed by atoms with van der Waals surface area (Å²) in [5.74, 6) is 0.777. The second-order valence-electron chi connectivity index (χ2n) is 6.13. The van der Waals surface area contributed by atoms with Crippen LogP contribution in [-0.2, 0) is 19.5 Å². The summed E-state index contributed by atoms with van der Waals surface area (Å²) in [7, 11) is 1.76. The third-order valence-electron chi connectivity index (χ3n) is 4.14. The largest absolute Gasteiger partial charge is 0.459 e. The molecule has 0 aliphatic carbocycles. The SMILES string of the molecule is CCc1ccc(CNC(=NC)NCc2ccc(NC(=O)c3ccco3)cc2)s1. The van der Waals surface area contributed by atoms with E-state index in [-0.39, 0.29) is 11.7 Å². The number of nitrogens with zero attached hydrogens (tertiary/aromatic N) is 1. The highest BCUT2D eigenvalue weighted by atomic mass is 32.1. The number of nitrogens with one attached hydrogen (secondary N) is 3. The van der Waals surface area contributed by atoms with E-state index in [0.29, 0.717) is 6.54 Å². The molecule has 3 aromatic rings. The normalized spacial score (nSPS) is 11.3. The Morgan fingerprint density at radius 2 is 1.79 bits per heavy atom. The number of furan rings is 1. The van der Waals surface area contributed by atoms with Gasteiger partial charge >= 0.3 is 0 Å². The van der Waals surface area contributed by atoms with Crippen molar-refractivity contribution in [2.24, 2.45) is 4.99 Å². The minimum atomic E-state index is -0.264. The molecule has 3 rings (SSSR count). The Balaban J connectivity index is 1.47. The second-order valence-corrected chi connectivity index (χ2v) is 7.38. The zero-order chi connectivity index (χ0) is 19.8. The maximum absolute atomic E-state index is 12.0. The first-order valence-corrected chi connectivity index (χ1v) is 9.95. The van der Waals surface area contributed by atoms with Gasteiger partial charge < -0.3 is 20.4 Å². The lowest BCUT2D eigenvalue weighted by molar-refractivity contribution is 0.0996. The van der Waals surface area contributed by atoms with Crippen molar-refractivity contribution in [2.45, 2.75) is 26.4 Å². The number of anilines is 1. The second kappa shape index (κ2) is 9.75. The topological polar surface area (TPSA) is 78.7 Å². The number of aryl methyl sites for hydroxylation is 1. The van der Waals surface area contributed by atoms with Gasteiger partial charge in [-0.05, 0) is 48.4 Å². The molecule has 0 saturated heterocycles. The minimum absolute atomic E-state index is 0.264.